The molecule has 15 heavy (non-hydrogen) atoms. The molecule has 0 aromatic rings. The van der Waals surface area contributed by atoms with Crippen LogP contribution in [0, 0.1) is 0 Å². The van der Waals surface area contributed by atoms with Crippen LogP contribution in [0.15, 0.2) is 0 Å². The van der Waals surface area contributed by atoms with Crippen LogP contribution in [0.4, 0.5) is 4.79 Å². The molecule has 0 unspecified atom stereocenters. The number of amides is 3. The Kier molecular flexibility index (Phi) is 6.26. The van der Waals surface area contributed by atoms with E-state index in [1.54, 1.807) is 0 Å². The quantitative estimate of drug-likeness (QED) is 0.648. The molecule has 0 bridgehead atoms. The lowest BCUT2D eigenvalue weighted by atomic mass is 10.4. The zero-order valence-electron chi connectivity index (χ0n) is 8.25. The summed E-state index contributed by atoms with van der Waals surface area (Å²) in [5, 5.41) is 4.23. The summed E-state index contributed by atoms with van der Waals surface area (Å²) in [5.74, 6) is -0.533. The van der Waals surface area contributed by atoms with Gasteiger partial charge < -0.3 is 5.32 Å². The minimum atomic E-state index is -3.11. The summed E-state index contributed by atoms with van der Waals surface area (Å²) in [6.45, 7) is -0.0289. The van der Waals surface area contributed by atoms with Gasteiger partial charge in [-0.25, -0.2) is 13.2 Å². The fraction of sp³-hybridized carbons (Fsp3) is 0.714. The molecule has 0 aliphatic rings. The van der Waals surface area contributed by atoms with Crippen molar-refractivity contribution >= 4 is 33.4 Å². The first-order chi connectivity index (χ1) is 6.85. The molecule has 0 fully saturated rings. The van der Waals surface area contributed by atoms with Crippen LogP contribution in [0.1, 0.15) is 6.42 Å². The van der Waals surface area contributed by atoms with Crippen molar-refractivity contribution < 1.29 is 18.0 Å². The minimum absolute atomic E-state index is 0.0289. The highest BCUT2D eigenvalue weighted by Gasteiger charge is 2.07. The number of nitrogens with one attached hydrogen (secondary N) is 2. The van der Waals surface area contributed by atoms with Gasteiger partial charge in [0.05, 0.1) is 5.75 Å². The number of imide groups is 1. The predicted octanol–water partition coefficient (Wildman–Crippen LogP) is -0.514. The van der Waals surface area contributed by atoms with Gasteiger partial charge in [0.15, 0.2) is 0 Å². The van der Waals surface area contributed by atoms with Crippen LogP contribution in [0.3, 0.4) is 0 Å². The summed E-state index contributed by atoms with van der Waals surface area (Å²) >= 11 is 5.27. The number of hydrogen-bond donors (Lipinski definition) is 2. The number of halogens is 1. The second kappa shape index (κ2) is 6.62. The molecule has 0 atom stereocenters. The monoisotopic (exact) mass is 256 g/mol. The summed E-state index contributed by atoms with van der Waals surface area (Å²) in [6.07, 6.45) is 1.10. The second-order valence-corrected chi connectivity index (χ2v) is 5.51. The molecule has 0 saturated heterocycles. The Balaban J connectivity index is 3.72. The number of rotatable bonds is 5. The van der Waals surface area contributed by atoms with Crippen LogP contribution in [0.25, 0.3) is 0 Å². The van der Waals surface area contributed by atoms with Crippen LogP contribution >= 0.6 is 11.6 Å². The number of urea groups is 1. The van der Waals surface area contributed by atoms with Crippen LogP contribution in [-0.4, -0.2) is 44.8 Å². The maximum atomic E-state index is 10.9. The molecule has 0 rings (SSSR count). The average Bonchev–Trinajstić information content (AvgIpc) is 2.01. The first kappa shape index (κ1) is 14.2. The van der Waals surface area contributed by atoms with Crippen molar-refractivity contribution in [1.29, 1.82) is 0 Å². The topological polar surface area (TPSA) is 92.3 Å². The van der Waals surface area contributed by atoms with Gasteiger partial charge in [0.25, 0.3) is 0 Å². The number of carbonyl (C=O) groups is 2. The van der Waals surface area contributed by atoms with E-state index in [0.29, 0.717) is 0 Å². The van der Waals surface area contributed by atoms with Crippen molar-refractivity contribution in [3.05, 3.63) is 0 Å². The molecule has 0 aliphatic heterocycles. The first-order valence-corrected chi connectivity index (χ1v) is 6.76. The Morgan fingerprint density at radius 3 is 2.40 bits per heavy atom. The summed E-state index contributed by atoms with van der Waals surface area (Å²) in [4.78, 5) is 21.8. The van der Waals surface area contributed by atoms with Crippen LogP contribution in [-0.2, 0) is 14.6 Å². The summed E-state index contributed by atoms with van der Waals surface area (Å²) < 4.78 is 21.4. The molecule has 0 spiro atoms. The Morgan fingerprint density at radius 1 is 1.33 bits per heavy atom. The van der Waals surface area contributed by atoms with Crippen LogP contribution < -0.4 is 10.6 Å². The van der Waals surface area contributed by atoms with Crippen molar-refractivity contribution in [2.45, 2.75) is 6.42 Å². The fourth-order valence-electron chi connectivity index (χ4n) is 0.669. The minimum Gasteiger partial charge on any atom is -0.337 e. The number of alkyl halides is 1. The van der Waals surface area contributed by atoms with Gasteiger partial charge in [-0.15, -0.1) is 11.6 Å². The van der Waals surface area contributed by atoms with Crippen molar-refractivity contribution in [3.63, 3.8) is 0 Å². The van der Waals surface area contributed by atoms with E-state index in [1.165, 1.54) is 0 Å². The maximum absolute atomic E-state index is 10.9. The highest BCUT2D eigenvalue weighted by atomic mass is 35.5. The van der Waals surface area contributed by atoms with Gasteiger partial charge in [-0.1, -0.05) is 0 Å². The van der Waals surface area contributed by atoms with Crippen molar-refractivity contribution in [3.8, 4) is 0 Å². The van der Waals surface area contributed by atoms with Gasteiger partial charge in [-0.3, -0.25) is 10.1 Å². The van der Waals surface area contributed by atoms with E-state index in [-0.39, 0.29) is 24.6 Å². The molecule has 88 valence electrons. The Labute approximate surface area is 93.3 Å². The van der Waals surface area contributed by atoms with E-state index < -0.39 is 21.8 Å². The molecule has 0 aromatic carbocycles. The average molecular weight is 257 g/mol. The lowest BCUT2D eigenvalue weighted by Gasteiger charge is -2.04. The zero-order valence-corrected chi connectivity index (χ0v) is 9.82. The molecule has 0 heterocycles. The third-order valence-corrected chi connectivity index (χ3v) is 2.47. The van der Waals surface area contributed by atoms with Crippen LogP contribution in [0.2, 0.25) is 0 Å². The molecular formula is C7H13ClN2O4S. The zero-order chi connectivity index (χ0) is 11.9. The smallest absolute Gasteiger partial charge is 0.321 e. The third kappa shape index (κ3) is 9.48. The molecule has 0 aromatic heterocycles. The fourth-order valence-corrected chi connectivity index (χ4v) is 1.31. The Hall–Kier alpha value is -0.820. The number of carbonyl (C=O) groups excluding carboxylic acids is 2. The number of sulfone groups is 1. The van der Waals surface area contributed by atoms with E-state index in [1.807, 2.05) is 5.32 Å². The van der Waals surface area contributed by atoms with Gasteiger partial charge in [-0.05, 0) is 0 Å². The van der Waals surface area contributed by atoms with Crippen molar-refractivity contribution in [2.75, 3.05) is 24.4 Å². The van der Waals surface area contributed by atoms with Crippen molar-refractivity contribution in [1.82, 2.24) is 10.6 Å². The highest BCUT2D eigenvalue weighted by molar-refractivity contribution is 7.90. The molecule has 6 nitrogen and oxygen atoms in total. The van der Waals surface area contributed by atoms with Gasteiger partial charge in [0, 0.05) is 25.1 Å². The molecule has 2 N–H and O–H groups in total. The van der Waals surface area contributed by atoms with E-state index in [2.05, 4.69) is 5.32 Å². The Bertz CT molecular complexity index is 328. The van der Waals surface area contributed by atoms with E-state index in [0.717, 1.165) is 6.26 Å². The van der Waals surface area contributed by atoms with Gasteiger partial charge >= 0.3 is 6.03 Å². The highest BCUT2D eigenvalue weighted by Crippen LogP contribution is 1.84. The lowest BCUT2D eigenvalue weighted by Crippen LogP contribution is -2.41. The lowest BCUT2D eigenvalue weighted by molar-refractivity contribution is -0.119. The number of hydrogen-bond acceptors (Lipinski definition) is 4. The van der Waals surface area contributed by atoms with E-state index in [9.17, 15) is 18.0 Å². The maximum Gasteiger partial charge on any atom is 0.321 e. The standard InChI is InChI=1S/C7H13ClN2O4S/c1-15(13,14)5-4-9-7(12)10-6(11)2-3-8/h2-5H2,1H3,(H2,9,10,11,12). The largest absolute Gasteiger partial charge is 0.337 e. The van der Waals surface area contributed by atoms with Gasteiger partial charge in [0.2, 0.25) is 5.91 Å². The summed E-state index contributed by atoms with van der Waals surface area (Å²) in [6, 6.07) is -0.714. The molecular weight excluding hydrogens is 244 g/mol. The normalized spacial score (nSPS) is 10.8. The summed E-state index contributed by atoms with van der Waals surface area (Å²) in [7, 11) is -3.11. The third-order valence-electron chi connectivity index (χ3n) is 1.33. The van der Waals surface area contributed by atoms with Gasteiger partial charge in [-0.2, -0.15) is 0 Å². The molecule has 0 radical (unpaired) electrons. The van der Waals surface area contributed by atoms with Gasteiger partial charge in [0.1, 0.15) is 9.84 Å². The first-order valence-electron chi connectivity index (χ1n) is 4.16. The van der Waals surface area contributed by atoms with E-state index >= 15 is 0 Å². The van der Waals surface area contributed by atoms with E-state index in [4.69, 9.17) is 11.6 Å². The second-order valence-electron chi connectivity index (χ2n) is 2.87. The van der Waals surface area contributed by atoms with Crippen LogP contribution in [0.5, 0.6) is 0 Å². The predicted molar refractivity (Wildman–Crippen MR) is 56.6 cm³/mol. The molecule has 0 aliphatic carbocycles. The SMILES string of the molecule is CS(=O)(=O)CCNC(=O)NC(=O)CCCl. The molecule has 8 heteroatoms. The van der Waals surface area contributed by atoms with Crippen molar-refractivity contribution in [2.24, 2.45) is 0 Å². The Morgan fingerprint density at radius 2 is 1.93 bits per heavy atom. The molecule has 0 saturated carbocycles. The molecule has 3 amide bonds. The summed E-state index contributed by atoms with van der Waals surface area (Å²) in [5.41, 5.74) is 0.